The van der Waals surface area contributed by atoms with E-state index in [1.807, 2.05) is 0 Å². The summed E-state index contributed by atoms with van der Waals surface area (Å²) in [5.74, 6) is 0.244. The molecule has 0 amide bonds. The van der Waals surface area contributed by atoms with Crippen molar-refractivity contribution in [1.82, 2.24) is 0 Å². The minimum atomic E-state index is -3.72. The van der Waals surface area contributed by atoms with E-state index in [1.54, 1.807) is 6.07 Å². The molecule has 2 aromatic carbocycles. The van der Waals surface area contributed by atoms with Crippen molar-refractivity contribution in [2.45, 2.75) is 9.79 Å². The Bertz CT molecular complexity index is 1100. The second-order valence-corrected chi connectivity index (χ2v) is 10.3. The molecule has 0 aliphatic rings. The number of hydrogen-bond donors (Lipinski definition) is 0. The smallest absolute Gasteiger partial charge is 0.261 e. The van der Waals surface area contributed by atoms with Gasteiger partial charge in [-0.25, -0.2) is 16.8 Å². The molecule has 0 N–H and O–H groups in total. The number of sulfone groups is 1. The first-order valence-electron chi connectivity index (χ1n) is 7.17. The third-order valence-corrected chi connectivity index (χ3v) is 6.57. The maximum Gasteiger partial charge on any atom is 0.261 e. The average Bonchev–Trinajstić information content (AvgIpc) is 2.61. The predicted octanol–water partition coefficient (Wildman–Crippen LogP) is 3.92. The Morgan fingerprint density at radius 2 is 1.32 bits per heavy atom. The molecule has 0 aliphatic carbocycles. The summed E-state index contributed by atoms with van der Waals surface area (Å²) in [4.78, 5) is -0.0187. The van der Waals surface area contributed by atoms with Crippen molar-refractivity contribution < 1.29 is 26.3 Å². The third-order valence-electron chi connectivity index (χ3n) is 3.14. The van der Waals surface area contributed by atoms with Gasteiger partial charge in [-0.05, 0) is 36.4 Å². The molecule has 0 spiro atoms. The molecule has 2 rings (SSSR count). The quantitative estimate of drug-likeness (QED) is 0.589. The molecule has 0 radical (unpaired) electrons. The number of nitriles is 1. The highest BCUT2D eigenvalue weighted by Crippen LogP contribution is 2.28. The highest BCUT2D eigenvalue weighted by Gasteiger charge is 2.15. The molecule has 0 saturated carbocycles. The number of rotatable bonds is 5. The maximum absolute atomic E-state index is 11.5. The minimum Gasteiger partial charge on any atom is -0.495 e. The first-order chi connectivity index (χ1) is 13.0. The second-order valence-electron chi connectivity index (χ2n) is 4.95. The summed E-state index contributed by atoms with van der Waals surface area (Å²) in [6.07, 6.45) is 0. The van der Waals surface area contributed by atoms with Gasteiger partial charge in [0, 0.05) is 10.7 Å². The zero-order chi connectivity index (χ0) is 21.5. The molecule has 0 unspecified atom stereocenters. The van der Waals surface area contributed by atoms with Crippen molar-refractivity contribution in [2.24, 2.45) is 0 Å². The lowest BCUT2D eigenvalue weighted by Crippen LogP contribution is -2.04. The highest BCUT2D eigenvalue weighted by molar-refractivity contribution is 8.13. The maximum atomic E-state index is 11.5. The van der Waals surface area contributed by atoms with E-state index in [4.69, 9.17) is 48.6 Å². The first-order valence-corrected chi connectivity index (χ1v) is 11.9. The van der Waals surface area contributed by atoms with Crippen LogP contribution in [0.5, 0.6) is 11.5 Å². The van der Waals surface area contributed by atoms with E-state index in [-0.39, 0.29) is 19.8 Å². The summed E-state index contributed by atoms with van der Waals surface area (Å²) >= 11 is 11.5. The van der Waals surface area contributed by atoms with E-state index in [9.17, 15) is 16.8 Å². The molecule has 0 atom stereocenters. The molecule has 0 aliphatic heterocycles. The Morgan fingerprint density at radius 1 is 0.893 bits per heavy atom. The Morgan fingerprint density at radius 3 is 1.68 bits per heavy atom. The zero-order valence-corrected chi connectivity index (χ0v) is 18.4. The molecule has 2 aromatic rings. The lowest BCUT2D eigenvalue weighted by atomic mass is 10.3. The number of methoxy groups -OCH3 is 2. The molecule has 0 heterocycles. The van der Waals surface area contributed by atoms with Crippen molar-refractivity contribution in [3.63, 3.8) is 0 Å². The van der Waals surface area contributed by atoms with Crippen LogP contribution in [0.1, 0.15) is 0 Å². The molecule has 7 nitrogen and oxygen atoms in total. The summed E-state index contributed by atoms with van der Waals surface area (Å²) in [6, 6.07) is 9.68. The van der Waals surface area contributed by atoms with E-state index in [0.29, 0.717) is 11.5 Å². The summed E-state index contributed by atoms with van der Waals surface area (Å²) < 4.78 is 54.3. The van der Waals surface area contributed by atoms with E-state index in [2.05, 4.69) is 0 Å². The third kappa shape index (κ3) is 6.72. The average molecular weight is 487 g/mol. The van der Waals surface area contributed by atoms with Crippen LogP contribution in [0.3, 0.4) is 0 Å². The second kappa shape index (κ2) is 10.2. The molecule has 28 heavy (non-hydrogen) atoms. The van der Waals surface area contributed by atoms with Gasteiger partial charge in [0.05, 0.1) is 40.1 Å². The number of halogens is 3. The van der Waals surface area contributed by atoms with Crippen LogP contribution in [0.25, 0.3) is 0 Å². The lowest BCUT2D eigenvalue weighted by molar-refractivity contribution is 0.414. The summed E-state index contributed by atoms with van der Waals surface area (Å²) in [6.45, 7) is 0. The highest BCUT2D eigenvalue weighted by atomic mass is 35.7. The molecule has 0 fully saturated rings. The fourth-order valence-corrected chi connectivity index (χ4v) is 4.14. The lowest BCUT2D eigenvalue weighted by Gasteiger charge is -2.04. The van der Waals surface area contributed by atoms with Crippen LogP contribution in [0.2, 0.25) is 10.0 Å². The number of ether oxygens (including phenoxy) is 2. The van der Waals surface area contributed by atoms with Crippen molar-refractivity contribution >= 4 is 52.8 Å². The van der Waals surface area contributed by atoms with Crippen LogP contribution in [0.4, 0.5) is 0 Å². The molecule has 0 bridgehead atoms. The Hall–Kier alpha value is -1.70. The van der Waals surface area contributed by atoms with E-state index in [0.717, 1.165) is 0 Å². The first kappa shape index (κ1) is 24.3. The Kier molecular flexibility index (Phi) is 8.85. The van der Waals surface area contributed by atoms with E-state index in [1.165, 1.54) is 50.6 Å². The summed E-state index contributed by atoms with van der Waals surface area (Å²) in [7, 11) is 0.698. The van der Waals surface area contributed by atoms with Gasteiger partial charge in [-0.3, -0.25) is 0 Å². The molecule has 0 aromatic heterocycles. The van der Waals surface area contributed by atoms with Crippen LogP contribution in [0, 0.1) is 11.3 Å². The van der Waals surface area contributed by atoms with Crippen LogP contribution in [-0.4, -0.2) is 36.8 Å². The normalized spacial score (nSPS) is 11.0. The van der Waals surface area contributed by atoms with Gasteiger partial charge in [0.15, 0.2) is 9.84 Å². The van der Waals surface area contributed by atoms with Crippen molar-refractivity contribution in [2.75, 3.05) is 20.0 Å². The molecular formula is C16H14Cl3NO6S2. The van der Waals surface area contributed by atoms with Gasteiger partial charge in [-0.2, -0.15) is 5.26 Å². The van der Waals surface area contributed by atoms with Gasteiger partial charge >= 0.3 is 0 Å². The van der Waals surface area contributed by atoms with E-state index < -0.39 is 24.6 Å². The van der Waals surface area contributed by atoms with Gasteiger partial charge in [0.25, 0.3) is 9.05 Å². The summed E-state index contributed by atoms with van der Waals surface area (Å²) in [5.41, 5.74) is 0. The largest absolute Gasteiger partial charge is 0.495 e. The number of nitrogens with zero attached hydrogens (tertiary/aromatic N) is 1. The van der Waals surface area contributed by atoms with E-state index >= 15 is 0 Å². The molecule has 12 heteroatoms. The van der Waals surface area contributed by atoms with Crippen molar-refractivity contribution in [3.05, 3.63) is 46.4 Å². The van der Waals surface area contributed by atoms with Crippen molar-refractivity contribution in [1.29, 1.82) is 5.26 Å². The minimum absolute atomic E-state index is 0.0230. The topological polar surface area (TPSA) is 111 Å². The fourth-order valence-electron chi connectivity index (χ4n) is 1.81. The number of benzene rings is 2. The van der Waals surface area contributed by atoms with Crippen LogP contribution >= 0.6 is 33.9 Å². The summed E-state index contributed by atoms with van der Waals surface area (Å²) in [5, 5.41) is 8.76. The number of hydrogen-bond acceptors (Lipinski definition) is 7. The van der Waals surface area contributed by atoms with Gasteiger partial charge in [0.2, 0.25) is 0 Å². The van der Waals surface area contributed by atoms with Crippen LogP contribution in [0.15, 0.2) is 46.2 Å². The SMILES string of the molecule is COc1ccc(S(=O)(=O)CC#N)cc1Cl.COc1ccc(S(=O)(=O)Cl)cc1Cl. The van der Waals surface area contributed by atoms with Crippen molar-refractivity contribution in [3.8, 4) is 17.6 Å². The van der Waals surface area contributed by atoms with Crippen LogP contribution < -0.4 is 9.47 Å². The van der Waals surface area contributed by atoms with Gasteiger partial charge in [-0.1, -0.05) is 23.2 Å². The van der Waals surface area contributed by atoms with Gasteiger partial charge < -0.3 is 9.47 Å². The predicted molar refractivity (Wildman–Crippen MR) is 107 cm³/mol. The fraction of sp³-hybridized carbons (Fsp3) is 0.188. The molecular weight excluding hydrogens is 473 g/mol. The zero-order valence-electron chi connectivity index (χ0n) is 14.5. The molecule has 0 saturated heterocycles. The van der Waals surface area contributed by atoms with Crippen LogP contribution in [-0.2, 0) is 18.9 Å². The Labute approximate surface area is 177 Å². The monoisotopic (exact) mass is 485 g/mol. The standard InChI is InChI=1S/C9H8ClNO3S.C7H6Cl2O3S/c1-14-9-3-2-7(6-8(9)10)15(12,13)5-4-11;1-12-7-3-2-5(4-6(7)8)13(9,10)11/h2-3,6H,5H2,1H3;2-4H,1H3. The molecule has 152 valence electrons. The Balaban J connectivity index is 0.000000283. The van der Waals surface area contributed by atoms with Gasteiger partial charge in [0.1, 0.15) is 17.3 Å². The van der Waals surface area contributed by atoms with Gasteiger partial charge in [-0.15, -0.1) is 0 Å².